The number of rotatable bonds is 6. The summed E-state index contributed by atoms with van der Waals surface area (Å²) in [6, 6.07) is 0. The average Bonchev–Trinajstić information content (AvgIpc) is 2.73. The van der Waals surface area contributed by atoms with Crippen LogP contribution in [0, 0.1) is 6.92 Å². The minimum absolute atomic E-state index is 0. The number of thiazole rings is 1. The van der Waals surface area contributed by atoms with Crippen molar-refractivity contribution >= 4 is 42.1 Å². The lowest BCUT2D eigenvalue weighted by Crippen LogP contribution is -2.43. The number of nitrogens with one attached hydrogen (secondary N) is 1. The Morgan fingerprint density at radius 3 is 2.58 bits per heavy atom. The number of carbonyl (C=O) groups is 1. The van der Waals surface area contributed by atoms with Crippen LogP contribution in [-0.2, 0) is 10.3 Å². The van der Waals surface area contributed by atoms with Gasteiger partial charge in [0.25, 0.3) is 0 Å². The zero-order chi connectivity index (χ0) is 12.9. The van der Waals surface area contributed by atoms with Gasteiger partial charge in [-0.2, -0.15) is 0 Å². The number of aryl methyl sites for hydroxylation is 1. The van der Waals surface area contributed by atoms with Crippen molar-refractivity contribution in [3.63, 3.8) is 0 Å². The molecule has 1 amide bonds. The number of hydrogen-bond donors (Lipinski definition) is 2. The van der Waals surface area contributed by atoms with Gasteiger partial charge in [0.05, 0.1) is 5.54 Å². The lowest BCUT2D eigenvalue weighted by Gasteiger charge is -2.27. The van der Waals surface area contributed by atoms with Gasteiger partial charge in [-0.1, -0.05) is 6.92 Å². The van der Waals surface area contributed by atoms with Gasteiger partial charge in [0.2, 0.25) is 5.91 Å². The Balaban J connectivity index is 0. The molecule has 0 aliphatic carbocycles. The van der Waals surface area contributed by atoms with E-state index in [0.717, 1.165) is 23.5 Å². The first kappa shape index (κ1) is 20.9. The zero-order valence-corrected chi connectivity index (χ0v) is 14.0. The van der Waals surface area contributed by atoms with Crippen molar-refractivity contribution in [3.05, 3.63) is 16.1 Å². The van der Waals surface area contributed by atoms with Gasteiger partial charge in [0, 0.05) is 17.5 Å². The summed E-state index contributed by atoms with van der Waals surface area (Å²) in [7, 11) is 0. The molecular weight excluding hydrogens is 305 g/mol. The Kier molecular flexibility index (Phi) is 10.5. The van der Waals surface area contributed by atoms with E-state index in [2.05, 4.69) is 17.2 Å². The lowest BCUT2D eigenvalue weighted by atomic mass is 9.99. The van der Waals surface area contributed by atoms with E-state index in [1.54, 1.807) is 11.3 Å². The predicted octanol–water partition coefficient (Wildman–Crippen LogP) is 2.78. The fraction of sp³-hybridized carbons (Fsp3) is 0.667. The molecule has 1 aromatic heterocycles. The second-order valence-electron chi connectivity index (χ2n) is 4.42. The highest BCUT2D eigenvalue weighted by Gasteiger charge is 2.29. The summed E-state index contributed by atoms with van der Waals surface area (Å²) in [4.78, 5) is 16.2. The molecule has 0 saturated carbocycles. The molecule has 0 spiro atoms. The molecule has 0 bridgehead atoms. The van der Waals surface area contributed by atoms with Gasteiger partial charge in [-0.3, -0.25) is 4.79 Å². The van der Waals surface area contributed by atoms with Crippen LogP contribution in [0.2, 0.25) is 0 Å². The van der Waals surface area contributed by atoms with Crippen molar-refractivity contribution in [3.8, 4) is 0 Å². The number of amides is 1. The van der Waals surface area contributed by atoms with Crippen molar-refractivity contribution in [2.24, 2.45) is 5.73 Å². The SMILES string of the molecule is CCC(C)(NC(=O)CCCN)c1nc(C)cs1.Cl.Cl. The van der Waals surface area contributed by atoms with E-state index in [9.17, 15) is 4.79 Å². The molecule has 19 heavy (non-hydrogen) atoms. The predicted molar refractivity (Wildman–Crippen MR) is 85.4 cm³/mol. The van der Waals surface area contributed by atoms with Gasteiger partial charge in [0.15, 0.2) is 0 Å². The number of halogens is 2. The standard InChI is InChI=1S/C12H21N3OS.2ClH/c1-4-12(3,11-14-9(2)8-17-11)15-10(16)6-5-7-13;;/h8H,4-7,13H2,1-3H3,(H,15,16);2*1H. The maximum absolute atomic E-state index is 11.8. The van der Waals surface area contributed by atoms with E-state index in [4.69, 9.17) is 5.73 Å². The quantitative estimate of drug-likeness (QED) is 0.844. The van der Waals surface area contributed by atoms with E-state index >= 15 is 0 Å². The van der Waals surface area contributed by atoms with Crippen molar-refractivity contribution in [2.45, 2.75) is 45.6 Å². The molecule has 3 N–H and O–H groups in total. The van der Waals surface area contributed by atoms with E-state index < -0.39 is 0 Å². The Morgan fingerprint density at radius 2 is 2.16 bits per heavy atom. The summed E-state index contributed by atoms with van der Waals surface area (Å²) in [6.45, 7) is 6.59. The summed E-state index contributed by atoms with van der Waals surface area (Å²) in [5.41, 5.74) is 6.04. The topological polar surface area (TPSA) is 68.0 Å². The smallest absolute Gasteiger partial charge is 0.220 e. The van der Waals surface area contributed by atoms with Crippen molar-refractivity contribution in [1.82, 2.24) is 10.3 Å². The number of nitrogens with zero attached hydrogens (tertiary/aromatic N) is 1. The Labute approximate surface area is 131 Å². The number of hydrogen-bond acceptors (Lipinski definition) is 4. The molecule has 0 radical (unpaired) electrons. The number of aromatic nitrogens is 1. The van der Waals surface area contributed by atoms with Crippen LogP contribution in [0.25, 0.3) is 0 Å². The second kappa shape index (κ2) is 9.53. The summed E-state index contributed by atoms with van der Waals surface area (Å²) >= 11 is 1.60. The van der Waals surface area contributed by atoms with Crippen LogP contribution in [0.15, 0.2) is 5.38 Å². The van der Waals surface area contributed by atoms with Gasteiger partial charge in [-0.05, 0) is 33.2 Å². The van der Waals surface area contributed by atoms with Crippen molar-refractivity contribution in [2.75, 3.05) is 6.54 Å². The van der Waals surface area contributed by atoms with Gasteiger partial charge in [0.1, 0.15) is 5.01 Å². The van der Waals surface area contributed by atoms with Crippen LogP contribution in [0.4, 0.5) is 0 Å². The monoisotopic (exact) mass is 327 g/mol. The second-order valence-corrected chi connectivity index (χ2v) is 5.28. The van der Waals surface area contributed by atoms with Crippen LogP contribution < -0.4 is 11.1 Å². The van der Waals surface area contributed by atoms with E-state index in [1.807, 2.05) is 19.2 Å². The fourth-order valence-corrected chi connectivity index (χ4v) is 2.52. The number of nitrogens with two attached hydrogens (primary N) is 1. The van der Waals surface area contributed by atoms with Gasteiger partial charge >= 0.3 is 0 Å². The summed E-state index contributed by atoms with van der Waals surface area (Å²) in [5.74, 6) is 0.0488. The van der Waals surface area contributed by atoms with E-state index in [0.29, 0.717) is 13.0 Å². The first-order valence-electron chi connectivity index (χ1n) is 5.95. The maximum Gasteiger partial charge on any atom is 0.220 e. The molecule has 7 heteroatoms. The molecule has 1 rings (SSSR count). The third kappa shape index (κ3) is 6.08. The number of carbonyl (C=O) groups excluding carboxylic acids is 1. The van der Waals surface area contributed by atoms with Crippen LogP contribution in [0.1, 0.15) is 43.8 Å². The first-order chi connectivity index (χ1) is 8.01. The Bertz CT molecular complexity index is 387. The molecule has 0 aliphatic rings. The van der Waals surface area contributed by atoms with E-state index in [1.165, 1.54) is 0 Å². The van der Waals surface area contributed by atoms with Crippen LogP contribution in [0.3, 0.4) is 0 Å². The third-order valence-corrected chi connectivity index (χ3v) is 4.05. The molecule has 112 valence electrons. The largest absolute Gasteiger partial charge is 0.344 e. The molecule has 0 aromatic carbocycles. The van der Waals surface area contributed by atoms with Crippen LogP contribution in [0.5, 0.6) is 0 Å². The minimum Gasteiger partial charge on any atom is -0.344 e. The summed E-state index contributed by atoms with van der Waals surface area (Å²) < 4.78 is 0. The lowest BCUT2D eigenvalue weighted by molar-refractivity contribution is -0.123. The molecule has 1 atom stereocenters. The Hall–Kier alpha value is -0.360. The van der Waals surface area contributed by atoms with Crippen molar-refractivity contribution in [1.29, 1.82) is 0 Å². The maximum atomic E-state index is 11.8. The van der Waals surface area contributed by atoms with Gasteiger partial charge < -0.3 is 11.1 Å². The summed E-state index contributed by atoms with van der Waals surface area (Å²) in [5, 5.41) is 6.04. The Morgan fingerprint density at radius 1 is 1.53 bits per heavy atom. The molecule has 1 unspecified atom stereocenters. The highest BCUT2D eigenvalue weighted by molar-refractivity contribution is 7.09. The highest BCUT2D eigenvalue weighted by atomic mass is 35.5. The molecule has 0 fully saturated rings. The van der Waals surface area contributed by atoms with Gasteiger partial charge in [-0.25, -0.2) is 4.98 Å². The van der Waals surface area contributed by atoms with Crippen molar-refractivity contribution < 1.29 is 4.79 Å². The molecule has 1 aromatic rings. The van der Waals surface area contributed by atoms with Crippen LogP contribution >= 0.6 is 36.2 Å². The van der Waals surface area contributed by atoms with Gasteiger partial charge in [-0.15, -0.1) is 36.2 Å². The molecular formula is C12H23Cl2N3OS. The normalized spacial score (nSPS) is 12.8. The molecule has 4 nitrogen and oxygen atoms in total. The molecule has 1 heterocycles. The highest BCUT2D eigenvalue weighted by Crippen LogP contribution is 2.27. The molecule has 0 saturated heterocycles. The van der Waals surface area contributed by atoms with E-state index in [-0.39, 0.29) is 36.3 Å². The third-order valence-electron chi connectivity index (χ3n) is 2.82. The van der Waals surface area contributed by atoms with Crippen LogP contribution in [-0.4, -0.2) is 17.4 Å². The molecule has 0 aliphatic heterocycles. The minimum atomic E-state index is -0.357. The average molecular weight is 328 g/mol. The fourth-order valence-electron chi connectivity index (χ4n) is 1.53. The zero-order valence-electron chi connectivity index (χ0n) is 11.6. The summed E-state index contributed by atoms with van der Waals surface area (Å²) in [6.07, 6.45) is 2.04. The first-order valence-corrected chi connectivity index (χ1v) is 6.83.